The highest BCUT2D eigenvalue weighted by Crippen LogP contribution is 2.41. The number of fused-ring (bicyclic) bond motifs is 2. The van der Waals surface area contributed by atoms with Crippen LogP contribution >= 0.6 is 0 Å². The lowest BCUT2D eigenvalue weighted by atomic mass is 9.83. The molecule has 4 aromatic carbocycles. The Labute approximate surface area is 211 Å². The van der Waals surface area contributed by atoms with Crippen molar-refractivity contribution in [3.05, 3.63) is 108 Å². The summed E-state index contributed by atoms with van der Waals surface area (Å²) in [5.74, 6) is 0.726. The Morgan fingerprint density at radius 1 is 1.00 bits per heavy atom. The first-order valence-electron chi connectivity index (χ1n) is 12.5. The molecule has 2 unspecified atom stereocenters. The first kappa shape index (κ1) is 23.9. The molecule has 0 spiro atoms. The second-order valence-corrected chi connectivity index (χ2v) is 9.35. The normalized spacial score (nSPS) is 17.7. The lowest BCUT2D eigenvalue weighted by Gasteiger charge is -2.33. The Bertz CT molecular complexity index is 1330. The van der Waals surface area contributed by atoms with Crippen molar-refractivity contribution in [2.45, 2.75) is 37.8 Å². The van der Waals surface area contributed by atoms with Crippen LogP contribution in [0.1, 0.15) is 48.4 Å². The van der Waals surface area contributed by atoms with E-state index >= 15 is 0 Å². The maximum absolute atomic E-state index is 10.8. The van der Waals surface area contributed by atoms with Crippen molar-refractivity contribution < 1.29 is 19.4 Å². The molecule has 36 heavy (non-hydrogen) atoms. The summed E-state index contributed by atoms with van der Waals surface area (Å²) in [6, 6.07) is 31.2. The van der Waals surface area contributed by atoms with Gasteiger partial charge in [-0.05, 0) is 66.4 Å². The largest absolute Gasteiger partial charge is 0.490 e. The van der Waals surface area contributed by atoms with Crippen molar-refractivity contribution in [3.63, 3.8) is 0 Å². The number of hydrogen-bond acceptors (Lipinski definition) is 4. The molecule has 1 aliphatic heterocycles. The van der Waals surface area contributed by atoms with Gasteiger partial charge < -0.3 is 19.9 Å². The lowest BCUT2D eigenvalue weighted by molar-refractivity contribution is -0.139. The van der Waals surface area contributed by atoms with Gasteiger partial charge in [-0.15, -0.1) is 0 Å². The Kier molecular flexibility index (Phi) is 7.19. The zero-order valence-corrected chi connectivity index (χ0v) is 20.4. The number of carboxylic acid groups (broad SMARTS) is 1. The van der Waals surface area contributed by atoms with Gasteiger partial charge in [0.05, 0.1) is 0 Å². The van der Waals surface area contributed by atoms with Crippen LogP contribution in [0.3, 0.4) is 0 Å². The molecule has 1 heterocycles. The van der Waals surface area contributed by atoms with E-state index in [0.717, 1.165) is 25.1 Å². The molecule has 2 N–H and O–H groups in total. The summed E-state index contributed by atoms with van der Waals surface area (Å²) in [6.07, 6.45) is 1.89. The Morgan fingerprint density at radius 3 is 2.58 bits per heavy atom. The van der Waals surface area contributed by atoms with E-state index in [0.29, 0.717) is 5.75 Å². The molecule has 184 valence electrons. The monoisotopic (exact) mass is 481 g/mol. The fourth-order valence-corrected chi connectivity index (χ4v) is 5.13. The summed E-state index contributed by atoms with van der Waals surface area (Å²) >= 11 is 0. The molecule has 5 heteroatoms. The van der Waals surface area contributed by atoms with Gasteiger partial charge in [-0.3, -0.25) is 0 Å². The summed E-state index contributed by atoms with van der Waals surface area (Å²) < 4.78 is 11.7. The smallest absolute Gasteiger partial charge is 0.341 e. The zero-order valence-electron chi connectivity index (χ0n) is 20.4. The molecule has 0 saturated carbocycles. The molecule has 0 fully saturated rings. The molecule has 0 saturated heterocycles. The van der Waals surface area contributed by atoms with Crippen molar-refractivity contribution >= 4 is 16.7 Å². The summed E-state index contributed by atoms with van der Waals surface area (Å²) in [5.41, 5.74) is 3.67. The molecule has 0 amide bonds. The molecule has 0 radical (unpaired) electrons. The number of hydrogen-bond donors (Lipinski definition) is 2. The van der Waals surface area contributed by atoms with Crippen molar-refractivity contribution in [2.75, 3.05) is 13.2 Å². The number of benzene rings is 4. The van der Waals surface area contributed by atoms with Gasteiger partial charge in [0.1, 0.15) is 17.6 Å². The summed E-state index contributed by atoms with van der Waals surface area (Å²) in [7, 11) is 0. The minimum atomic E-state index is -0.983. The van der Waals surface area contributed by atoms with Gasteiger partial charge in [-0.1, -0.05) is 72.8 Å². The highest BCUT2D eigenvalue weighted by Gasteiger charge is 2.29. The SMILES string of the molecule is C[C@@H](NCCC1CC(c2ccc(OCC(=O)O)cc2)c2ccccc2O1)c1cccc2ccccc12. The average Bonchev–Trinajstić information content (AvgIpc) is 2.91. The summed E-state index contributed by atoms with van der Waals surface area (Å²) in [6.45, 7) is 2.73. The van der Waals surface area contributed by atoms with Crippen LogP contribution in [-0.2, 0) is 4.79 Å². The molecular formula is C31H31NO4. The van der Waals surface area contributed by atoms with Gasteiger partial charge in [0.15, 0.2) is 6.61 Å². The van der Waals surface area contributed by atoms with Gasteiger partial charge in [0.25, 0.3) is 0 Å². The number of carbonyl (C=O) groups is 1. The predicted molar refractivity (Wildman–Crippen MR) is 142 cm³/mol. The van der Waals surface area contributed by atoms with E-state index in [-0.39, 0.29) is 24.7 Å². The van der Waals surface area contributed by atoms with Crippen LogP contribution in [-0.4, -0.2) is 30.3 Å². The van der Waals surface area contributed by atoms with E-state index in [9.17, 15) is 4.79 Å². The molecule has 1 aliphatic rings. The molecule has 4 aromatic rings. The fourth-order valence-electron chi connectivity index (χ4n) is 5.13. The molecule has 0 aliphatic carbocycles. The van der Waals surface area contributed by atoms with E-state index in [1.165, 1.54) is 27.5 Å². The Hall–Kier alpha value is -3.83. The van der Waals surface area contributed by atoms with Gasteiger partial charge in [0.2, 0.25) is 0 Å². The standard InChI is InChI=1S/C31H31NO4/c1-21(26-11-6-8-22-7-2-3-9-27(22)26)32-18-17-25-19-29(28-10-4-5-12-30(28)36-25)23-13-15-24(16-14-23)35-20-31(33)34/h2-16,21,25,29,32H,17-20H2,1H3,(H,33,34)/t21-,25?,29?/m1/s1. The quantitative estimate of drug-likeness (QED) is 0.293. The third-order valence-corrected chi connectivity index (χ3v) is 6.94. The second-order valence-electron chi connectivity index (χ2n) is 9.35. The number of carboxylic acids is 1. The molecule has 0 bridgehead atoms. The van der Waals surface area contributed by atoms with Crippen molar-refractivity contribution in [3.8, 4) is 11.5 Å². The van der Waals surface area contributed by atoms with Crippen molar-refractivity contribution in [1.29, 1.82) is 0 Å². The maximum atomic E-state index is 10.8. The lowest BCUT2D eigenvalue weighted by Crippen LogP contribution is -2.31. The van der Waals surface area contributed by atoms with Crippen molar-refractivity contribution in [1.82, 2.24) is 5.32 Å². The number of ether oxygens (including phenoxy) is 2. The van der Waals surface area contributed by atoms with Crippen LogP contribution in [0.15, 0.2) is 91.0 Å². The van der Waals surface area contributed by atoms with Crippen molar-refractivity contribution in [2.24, 2.45) is 0 Å². The average molecular weight is 482 g/mol. The summed E-state index contributed by atoms with van der Waals surface area (Å²) in [4.78, 5) is 10.8. The van der Waals surface area contributed by atoms with E-state index in [1.807, 2.05) is 42.5 Å². The minimum Gasteiger partial charge on any atom is -0.490 e. The third kappa shape index (κ3) is 5.37. The Morgan fingerprint density at radius 2 is 1.75 bits per heavy atom. The van der Waals surface area contributed by atoms with Crippen LogP contribution in [0.4, 0.5) is 0 Å². The van der Waals surface area contributed by atoms with Gasteiger partial charge >= 0.3 is 5.97 Å². The molecule has 5 rings (SSSR count). The fraction of sp³-hybridized carbons (Fsp3) is 0.258. The predicted octanol–water partition coefficient (Wildman–Crippen LogP) is 6.33. The number of nitrogens with one attached hydrogen (secondary N) is 1. The van der Waals surface area contributed by atoms with Gasteiger partial charge in [-0.2, -0.15) is 0 Å². The second kappa shape index (κ2) is 10.8. The number of para-hydroxylation sites is 1. The van der Waals surface area contributed by atoms with Crippen LogP contribution in [0.5, 0.6) is 11.5 Å². The molecular weight excluding hydrogens is 450 g/mol. The topological polar surface area (TPSA) is 67.8 Å². The van der Waals surface area contributed by atoms with Gasteiger partial charge in [0, 0.05) is 17.5 Å². The first-order chi connectivity index (χ1) is 17.6. The van der Waals surface area contributed by atoms with E-state index in [2.05, 4.69) is 60.8 Å². The Balaban J connectivity index is 1.26. The van der Waals surface area contributed by atoms with Crippen LogP contribution < -0.4 is 14.8 Å². The third-order valence-electron chi connectivity index (χ3n) is 6.94. The number of rotatable bonds is 9. The minimum absolute atomic E-state index is 0.0973. The molecule has 3 atom stereocenters. The van der Waals surface area contributed by atoms with E-state index in [1.54, 1.807) is 0 Å². The first-order valence-corrected chi connectivity index (χ1v) is 12.5. The number of aliphatic carboxylic acids is 1. The van der Waals surface area contributed by atoms with Gasteiger partial charge in [-0.25, -0.2) is 4.79 Å². The highest BCUT2D eigenvalue weighted by atomic mass is 16.5. The van der Waals surface area contributed by atoms with Crippen LogP contribution in [0, 0.1) is 0 Å². The van der Waals surface area contributed by atoms with E-state index < -0.39 is 5.97 Å². The molecule has 5 nitrogen and oxygen atoms in total. The van der Waals surface area contributed by atoms with E-state index in [4.69, 9.17) is 14.6 Å². The van der Waals surface area contributed by atoms with Crippen LogP contribution in [0.2, 0.25) is 0 Å². The van der Waals surface area contributed by atoms with Crippen LogP contribution in [0.25, 0.3) is 10.8 Å². The maximum Gasteiger partial charge on any atom is 0.341 e. The molecule has 0 aromatic heterocycles. The highest BCUT2D eigenvalue weighted by molar-refractivity contribution is 5.86. The summed E-state index contributed by atoms with van der Waals surface area (Å²) in [5, 5.41) is 15.1. The zero-order chi connectivity index (χ0) is 24.9.